The van der Waals surface area contributed by atoms with Gasteiger partial charge >= 0.3 is 0 Å². The Morgan fingerprint density at radius 2 is 1.52 bits per heavy atom. The predicted octanol–water partition coefficient (Wildman–Crippen LogP) is 3.57. The lowest BCUT2D eigenvalue weighted by molar-refractivity contribution is -0.137. The van der Waals surface area contributed by atoms with Crippen LogP contribution in [0.2, 0.25) is 0 Å². The van der Waals surface area contributed by atoms with Crippen molar-refractivity contribution in [1.29, 1.82) is 0 Å². The molecule has 0 unspecified atom stereocenters. The second-order valence-electron chi connectivity index (χ2n) is 8.41. The van der Waals surface area contributed by atoms with Crippen LogP contribution < -0.4 is 4.90 Å². The minimum absolute atomic E-state index is 0.134. The predicted molar refractivity (Wildman–Crippen MR) is 125 cm³/mol. The van der Waals surface area contributed by atoms with E-state index in [1.807, 2.05) is 30.3 Å². The van der Waals surface area contributed by atoms with Crippen LogP contribution in [0.1, 0.15) is 28.8 Å². The average Bonchev–Trinajstić information content (AvgIpc) is 2.85. The maximum Gasteiger partial charge on any atom is 0.225 e. The van der Waals surface area contributed by atoms with Gasteiger partial charge in [0.2, 0.25) is 5.91 Å². The zero-order valence-electron chi connectivity index (χ0n) is 18.0. The molecule has 2 aromatic rings. The molecular formula is C26H31N3O2. The van der Waals surface area contributed by atoms with Gasteiger partial charge < -0.3 is 9.80 Å². The lowest BCUT2D eigenvalue weighted by Crippen LogP contribution is -2.51. The van der Waals surface area contributed by atoms with Gasteiger partial charge in [0.15, 0.2) is 0 Å². The fraction of sp³-hybridized carbons (Fsp3) is 0.385. The molecule has 4 rings (SSSR count). The average molecular weight is 418 g/mol. The second kappa shape index (κ2) is 10.4. The highest BCUT2D eigenvalue weighted by Gasteiger charge is 2.30. The molecule has 162 valence electrons. The van der Waals surface area contributed by atoms with Crippen molar-refractivity contribution in [1.82, 2.24) is 9.80 Å². The van der Waals surface area contributed by atoms with E-state index in [4.69, 9.17) is 0 Å². The molecule has 0 aliphatic carbocycles. The van der Waals surface area contributed by atoms with Crippen molar-refractivity contribution in [2.24, 2.45) is 5.92 Å². The summed E-state index contributed by atoms with van der Waals surface area (Å²) in [6, 6.07) is 18.1. The standard InChI is InChI=1S/C26H31N3O2/c30-21-23-8-10-25(11-9-23)28-15-12-24(13-16-28)26(31)29-19-17-27(18-20-29)14-4-7-22-5-2-1-3-6-22/h1-11,21,24H,12-20H2/b7-4+. The Hall–Kier alpha value is -2.92. The Labute approximate surface area is 184 Å². The van der Waals surface area contributed by atoms with Gasteiger partial charge in [0.25, 0.3) is 0 Å². The number of hydrogen-bond acceptors (Lipinski definition) is 4. The summed E-state index contributed by atoms with van der Waals surface area (Å²) in [5.74, 6) is 0.463. The number of benzene rings is 2. The minimum Gasteiger partial charge on any atom is -0.371 e. The Morgan fingerprint density at radius 1 is 0.839 bits per heavy atom. The minimum atomic E-state index is 0.134. The molecule has 2 fully saturated rings. The van der Waals surface area contributed by atoms with E-state index in [0.717, 1.165) is 70.6 Å². The van der Waals surface area contributed by atoms with Crippen molar-refractivity contribution < 1.29 is 9.59 Å². The molecule has 0 bridgehead atoms. The van der Waals surface area contributed by atoms with E-state index in [2.05, 4.69) is 51.1 Å². The topological polar surface area (TPSA) is 43.9 Å². The highest BCUT2D eigenvalue weighted by molar-refractivity contribution is 5.79. The molecule has 0 aromatic heterocycles. The number of piperidine rings is 1. The largest absolute Gasteiger partial charge is 0.371 e. The molecule has 5 heteroatoms. The number of amides is 1. The van der Waals surface area contributed by atoms with Crippen molar-refractivity contribution in [2.45, 2.75) is 12.8 Å². The van der Waals surface area contributed by atoms with E-state index in [1.165, 1.54) is 5.56 Å². The van der Waals surface area contributed by atoms with Crippen molar-refractivity contribution in [3.63, 3.8) is 0 Å². The second-order valence-corrected chi connectivity index (χ2v) is 8.41. The molecule has 0 atom stereocenters. The van der Waals surface area contributed by atoms with Crippen LogP contribution in [0.5, 0.6) is 0 Å². The first-order chi connectivity index (χ1) is 15.2. The Bertz CT molecular complexity index is 879. The maximum atomic E-state index is 13.0. The number of nitrogens with zero attached hydrogens (tertiary/aromatic N) is 3. The summed E-state index contributed by atoms with van der Waals surface area (Å²) in [6.07, 6.45) is 7.04. The zero-order valence-corrected chi connectivity index (χ0v) is 18.0. The van der Waals surface area contributed by atoms with Gasteiger partial charge in [-0.3, -0.25) is 14.5 Å². The normalized spacial score (nSPS) is 18.5. The molecule has 0 saturated carbocycles. The molecule has 31 heavy (non-hydrogen) atoms. The van der Waals surface area contributed by atoms with E-state index in [0.29, 0.717) is 11.5 Å². The first-order valence-electron chi connectivity index (χ1n) is 11.3. The summed E-state index contributed by atoms with van der Waals surface area (Å²) in [5.41, 5.74) is 3.06. The Morgan fingerprint density at radius 3 is 2.16 bits per heavy atom. The third-order valence-corrected chi connectivity index (χ3v) is 6.40. The van der Waals surface area contributed by atoms with Crippen LogP contribution in [0.4, 0.5) is 5.69 Å². The molecule has 2 aliphatic heterocycles. The van der Waals surface area contributed by atoms with Crippen LogP contribution in [0, 0.1) is 5.92 Å². The fourth-order valence-electron chi connectivity index (χ4n) is 4.46. The van der Waals surface area contributed by atoms with Crippen LogP contribution in [0.15, 0.2) is 60.7 Å². The highest BCUT2D eigenvalue weighted by Crippen LogP contribution is 2.25. The van der Waals surface area contributed by atoms with Crippen molar-refractivity contribution >= 4 is 24.0 Å². The SMILES string of the molecule is O=Cc1ccc(N2CCC(C(=O)N3CCN(C/C=C/c4ccccc4)CC3)CC2)cc1. The summed E-state index contributed by atoms with van der Waals surface area (Å²) in [4.78, 5) is 30.6. The van der Waals surface area contributed by atoms with Crippen LogP contribution >= 0.6 is 0 Å². The third-order valence-electron chi connectivity index (χ3n) is 6.40. The zero-order chi connectivity index (χ0) is 21.5. The van der Waals surface area contributed by atoms with Gasteiger partial charge in [-0.25, -0.2) is 0 Å². The molecule has 1 amide bonds. The maximum absolute atomic E-state index is 13.0. The number of piperazine rings is 1. The van der Waals surface area contributed by atoms with Crippen LogP contribution in [-0.2, 0) is 4.79 Å². The van der Waals surface area contributed by atoms with E-state index < -0.39 is 0 Å². The quantitative estimate of drug-likeness (QED) is 0.674. The lowest BCUT2D eigenvalue weighted by atomic mass is 9.94. The summed E-state index contributed by atoms with van der Waals surface area (Å²) >= 11 is 0. The molecule has 5 nitrogen and oxygen atoms in total. The third kappa shape index (κ3) is 5.61. The van der Waals surface area contributed by atoms with Crippen LogP contribution in [0.3, 0.4) is 0 Å². The van der Waals surface area contributed by atoms with E-state index >= 15 is 0 Å². The van der Waals surface area contributed by atoms with Gasteiger partial charge in [-0.2, -0.15) is 0 Å². The van der Waals surface area contributed by atoms with Gasteiger partial charge in [-0.1, -0.05) is 42.5 Å². The van der Waals surface area contributed by atoms with E-state index in [1.54, 1.807) is 0 Å². The van der Waals surface area contributed by atoms with Crippen LogP contribution in [-0.4, -0.2) is 67.8 Å². The molecule has 2 aromatic carbocycles. The van der Waals surface area contributed by atoms with Crippen molar-refractivity contribution in [3.8, 4) is 0 Å². The first kappa shape index (κ1) is 21.3. The van der Waals surface area contributed by atoms with E-state index in [-0.39, 0.29) is 5.92 Å². The number of carbonyl (C=O) groups excluding carboxylic acids is 2. The molecule has 0 N–H and O–H groups in total. The summed E-state index contributed by atoms with van der Waals surface area (Å²) < 4.78 is 0. The molecule has 0 spiro atoms. The van der Waals surface area contributed by atoms with Crippen LogP contribution in [0.25, 0.3) is 6.08 Å². The first-order valence-corrected chi connectivity index (χ1v) is 11.3. The van der Waals surface area contributed by atoms with Gasteiger partial charge in [-0.15, -0.1) is 0 Å². The number of anilines is 1. The number of carbonyl (C=O) groups is 2. The highest BCUT2D eigenvalue weighted by atomic mass is 16.2. The molecule has 0 radical (unpaired) electrons. The number of rotatable bonds is 6. The Kier molecular flexibility index (Phi) is 7.15. The number of hydrogen-bond donors (Lipinski definition) is 0. The van der Waals surface area contributed by atoms with Gasteiger partial charge in [0, 0.05) is 63.0 Å². The summed E-state index contributed by atoms with van der Waals surface area (Å²) in [5, 5.41) is 0. The summed E-state index contributed by atoms with van der Waals surface area (Å²) in [6.45, 7) is 6.23. The van der Waals surface area contributed by atoms with E-state index in [9.17, 15) is 9.59 Å². The smallest absolute Gasteiger partial charge is 0.225 e. The van der Waals surface area contributed by atoms with Crippen molar-refractivity contribution in [3.05, 3.63) is 71.8 Å². The molecule has 2 aliphatic rings. The molecular weight excluding hydrogens is 386 g/mol. The monoisotopic (exact) mass is 417 g/mol. The molecule has 2 heterocycles. The summed E-state index contributed by atoms with van der Waals surface area (Å²) in [7, 11) is 0. The van der Waals surface area contributed by atoms with Crippen molar-refractivity contribution in [2.75, 3.05) is 50.7 Å². The lowest BCUT2D eigenvalue weighted by Gasteiger charge is -2.38. The number of aldehydes is 1. The van der Waals surface area contributed by atoms with Gasteiger partial charge in [0.1, 0.15) is 6.29 Å². The molecule has 2 saturated heterocycles. The van der Waals surface area contributed by atoms with Gasteiger partial charge in [-0.05, 0) is 42.7 Å². The van der Waals surface area contributed by atoms with Gasteiger partial charge in [0.05, 0.1) is 0 Å². The fourth-order valence-corrected chi connectivity index (χ4v) is 4.46. The Balaban J connectivity index is 1.20.